The summed E-state index contributed by atoms with van der Waals surface area (Å²) in [6.07, 6.45) is 11.0. The molecule has 2 rings (SSSR count). The number of hydrogen-bond donors (Lipinski definition) is 3. The lowest BCUT2D eigenvalue weighted by molar-refractivity contribution is 0.0926. The summed E-state index contributed by atoms with van der Waals surface area (Å²) in [5, 5.41) is 9.31. The summed E-state index contributed by atoms with van der Waals surface area (Å²) >= 11 is 0. The first-order valence-electron chi connectivity index (χ1n) is 9.63. The molecule has 140 valence electrons. The number of carbonyl (C=O) groups excluding carboxylic acids is 1. The third kappa shape index (κ3) is 7.63. The minimum absolute atomic E-state index is 0.193. The predicted molar refractivity (Wildman–Crippen MR) is 101 cm³/mol. The fourth-order valence-electron chi connectivity index (χ4n) is 3.24. The molecule has 1 aromatic rings. The highest BCUT2D eigenvalue weighted by Crippen LogP contribution is 2.27. The highest BCUT2D eigenvalue weighted by atomic mass is 16.3. The maximum atomic E-state index is 11.8. The van der Waals surface area contributed by atoms with Crippen LogP contribution in [0.3, 0.4) is 0 Å². The van der Waals surface area contributed by atoms with E-state index in [9.17, 15) is 4.79 Å². The van der Waals surface area contributed by atoms with Crippen LogP contribution < -0.4 is 16.0 Å². The number of rotatable bonds is 9. The molecule has 0 aromatic carbocycles. The van der Waals surface area contributed by atoms with Crippen molar-refractivity contribution in [1.29, 1.82) is 0 Å². The highest BCUT2D eigenvalue weighted by molar-refractivity contribution is 5.91. The molecular formula is C19H32N4O2. The van der Waals surface area contributed by atoms with Gasteiger partial charge in [0.15, 0.2) is 11.7 Å². The summed E-state index contributed by atoms with van der Waals surface area (Å²) in [5.74, 6) is 1.87. The molecule has 25 heavy (non-hydrogen) atoms. The van der Waals surface area contributed by atoms with Crippen molar-refractivity contribution < 1.29 is 9.21 Å². The van der Waals surface area contributed by atoms with Crippen LogP contribution in [0.4, 0.5) is 0 Å². The van der Waals surface area contributed by atoms with E-state index in [2.05, 4.69) is 27.9 Å². The molecule has 0 aliphatic heterocycles. The van der Waals surface area contributed by atoms with Crippen molar-refractivity contribution in [3.8, 4) is 0 Å². The van der Waals surface area contributed by atoms with Crippen LogP contribution in [0.2, 0.25) is 0 Å². The molecule has 1 aliphatic carbocycles. The normalized spacial score (nSPS) is 15.8. The van der Waals surface area contributed by atoms with Crippen molar-refractivity contribution in [3.05, 3.63) is 24.2 Å². The lowest BCUT2D eigenvalue weighted by atomic mass is 9.86. The number of furan rings is 1. The molecule has 0 bridgehead atoms. The Morgan fingerprint density at radius 2 is 2.00 bits per heavy atom. The first-order chi connectivity index (χ1) is 12.3. The van der Waals surface area contributed by atoms with E-state index in [4.69, 9.17) is 4.42 Å². The summed E-state index contributed by atoms with van der Waals surface area (Å²) in [4.78, 5) is 16.4. The average molecular weight is 348 g/mol. The molecular weight excluding hydrogens is 316 g/mol. The fraction of sp³-hybridized carbons (Fsp3) is 0.684. The maximum Gasteiger partial charge on any atom is 0.287 e. The molecule has 0 unspecified atom stereocenters. The van der Waals surface area contributed by atoms with Gasteiger partial charge in [-0.15, -0.1) is 0 Å². The van der Waals surface area contributed by atoms with Gasteiger partial charge in [-0.3, -0.25) is 9.79 Å². The maximum absolute atomic E-state index is 11.8. The number of carbonyl (C=O) groups is 1. The van der Waals surface area contributed by atoms with Crippen molar-refractivity contribution in [2.24, 2.45) is 10.9 Å². The SMILES string of the molecule is CCNC(=NCCCC1CCCCC1)NCCNC(=O)c1ccco1. The van der Waals surface area contributed by atoms with Gasteiger partial charge >= 0.3 is 0 Å². The molecule has 1 amide bonds. The predicted octanol–water partition coefficient (Wildman–Crippen LogP) is 2.93. The summed E-state index contributed by atoms with van der Waals surface area (Å²) in [6.45, 7) is 4.88. The summed E-state index contributed by atoms with van der Waals surface area (Å²) in [7, 11) is 0. The number of amides is 1. The molecule has 0 spiro atoms. The van der Waals surface area contributed by atoms with E-state index in [0.717, 1.165) is 31.4 Å². The molecule has 0 saturated heterocycles. The van der Waals surface area contributed by atoms with E-state index in [1.54, 1.807) is 12.1 Å². The molecule has 0 atom stereocenters. The van der Waals surface area contributed by atoms with Gasteiger partial charge in [0.2, 0.25) is 0 Å². The van der Waals surface area contributed by atoms with Gasteiger partial charge < -0.3 is 20.4 Å². The van der Waals surface area contributed by atoms with E-state index < -0.39 is 0 Å². The molecule has 1 fully saturated rings. The molecule has 1 aromatic heterocycles. The molecule has 3 N–H and O–H groups in total. The first-order valence-corrected chi connectivity index (χ1v) is 9.63. The standard InChI is InChI=1S/C19H32N4O2/c1-2-20-19(22-12-6-10-16-8-4-3-5-9-16)23-14-13-21-18(24)17-11-7-15-25-17/h7,11,15-16H,2-6,8-10,12-14H2,1H3,(H,21,24)(H2,20,22,23). The zero-order valence-electron chi connectivity index (χ0n) is 15.4. The van der Waals surface area contributed by atoms with E-state index in [1.807, 2.05) is 0 Å². The zero-order valence-corrected chi connectivity index (χ0v) is 15.4. The van der Waals surface area contributed by atoms with Gasteiger partial charge in [-0.05, 0) is 37.8 Å². The molecule has 1 aliphatic rings. The number of nitrogens with one attached hydrogen (secondary N) is 3. The van der Waals surface area contributed by atoms with Gasteiger partial charge in [0.1, 0.15) is 0 Å². The van der Waals surface area contributed by atoms with E-state index >= 15 is 0 Å². The third-order valence-electron chi connectivity index (χ3n) is 4.56. The Morgan fingerprint density at radius 1 is 1.20 bits per heavy atom. The van der Waals surface area contributed by atoms with Crippen LogP contribution in [0.15, 0.2) is 27.8 Å². The lowest BCUT2D eigenvalue weighted by Crippen LogP contribution is -2.41. The Bertz CT molecular complexity index is 508. The topological polar surface area (TPSA) is 78.7 Å². The second kappa shape index (κ2) is 11.6. The minimum Gasteiger partial charge on any atom is -0.459 e. The van der Waals surface area contributed by atoms with Gasteiger partial charge in [-0.1, -0.05) is 32.1 Å². The molecule has 0 radical (unpaired) electrons. The molecule has 6 heteroatoms. The zero-order chi connectivity index (χ0) is 17.7. The number of aliphatic imine (C=N–C) groups is 1. The van der Waals surface area contributed by atoms with Crippen molar-refractivity contribution in [2.45, 2.75) is 51.9 Å². The van der Waals surface area contributed by atoms with E-state index in [1.165, 1.54) is 44.8 Å². The second-order valence-corrected chi connectivity index (χ2v) is 6.57. The third-order valence-corrected chi connectivity index (χ3v) is 4.56. The summed E-state index contributed by atoms with van der Waals surface area (Å²) < 4.78 is 5.06. The summed E-state index contributed by atoms with van der Waals surface area (Å²) in [5.41, 5.74) is 0. The smallest absolute Gasteiger partial charge is 0.287 e. The van der Waals surface area contributed by atoms with Crippen LogP contribution in [-0.4, -0.2) is 38.0 Å². The Morgan fingerprint density at radius 3 is 2.72 bits per heavy atom. The van der Waals surface area contributed by atoms with Crippen LogP contribution >= 0.6 is 0 Å². The van der Waals surface area contributed by atoms with Crippen molar-refractivity contribution in [1.82, 2.24) is 16.0 Å². The average Bonchev–Trinajstić information content (AvgIpc) is 3.17. The fourth-order valence-corrected chi connectivity index (χ4v) is 3.24. The van der Waals surface area contributed by atoms with Gasteiger partial charge in [-0.25, -0.2) is 0 Å². The van der Waals surface area contributed by atoms with Gasteiger partial charge in [-0.2, -0.15) is 0 Å². The molecule has 1 heterocycles. The lowest BCUT2D eigenvalue weighted by Gasteiger charge is -2.20. The quantitative estimate of drug-likeness (QED) is 0.364. The number of nitrogens with zero attached hydrogens (tertiary/aromatic N) is 1. The van der Waals surface area contributed by atoms with E-state index in [0.29, 0.717) is 18.8 Å². The van der Waals surface area contributed by atoms with E-state index in [-0.39, 0.29) is 5.91 Å². The Balaban J connectivity index is 1.60. The van der Waals surface area contributed by atoms with Crippen molar-refractivity contribution in [2.75, 3.05) is 26.2 Å². The van der Waals surface area contributed by atoms with Gasteiger partial charge in [0.25, 0.3) is 5.91 Å². The monoisotopic (exact) mass is 348 g/mol. The Hall–Kier alpha value is -1.98. The van der Waals surface area contributed by atoms with Gasteiger partial charge in [0.05, 0.1) is 6.26 Å². The highest BCUT2D eigenvalue weighted by Gasteiger charge is 2.12. The largest absolute Gasteiger partial charge is 0.459 e. The first kappa shape index (κ1) is 19.3. The second-order valence-electron chi connectivity index (χ2n) is 6.57. The van der Waals surface area contributed by atoms with Crippen LogP contribution in [0.5, 0.6) is 0 Å². The molecule has 6 nitrogen and oxygen atoms in total. The summed E-state index contributed by atoms with van der Waals surface area (Å²) in [6, 6.07) is 3.36. The van der Waals surface area contributed by atoms with Crippen molar-refractivity contribution >= 4 is 11.9 Å². The molecule has 1 saturated carbocycles. The number of guanidine groups is 1. The minimum atomic E-state index is -0.193. The Labute approximate surface area is 150 Å². The Kier molecular flexibility index (Phi) is 8.94. The van der Waals surface area contributed by atoms with Gasteiger partial charge in [0, 0.05) is 26.2 Å². The van der Waals surface area contributed by atoms with Crippen molar-refractivity contribution in [3.63, 3.8) is 0 Å². The van der Waals surface area contributed by atoms with Crippen LogP contribution in [0.25, 0.3) is 0 Å². The number of hydrogen-bond acceptors (Lipinski definition) is 3. The van der Waals surface area contributed by atoms with Crippen LogP contribution in [0.1, 0.15) is 62.4 Å². The van der Waals surface area contributed by atoms with Crippen LogP contribution in [-0.2, 0) is 0 Å². The van der Waals surface area contributed by atoms with Crippen LogP contribution in [0, 0.1) is 5.92 Å².